The first kappa shape index (κ1) is 12.1. The second-order valence-corrected chi connectivity index (χ2v) is 6.66. The van der Waals surface area contributed by atoms with Crippen LogP contribution in [0.1, 0.15) is 44.6 Å². The molecule has 0 saturated heterocycles. The van der Waals surface area contributed by atoms with Gasteiger partial charge < -0.3 is 4.90 Å². The van der Waals surface area contributed by atoms with Gasteiger partial charge >= 0.3 is 0 Å². The maximum Gasteiger partial charge on any atom is 0.139 e. The number of fused-ring (bicyclic) bond motifs is 2. The molecular formula is C16H24BN. The topological polar surface area (TPSA) is 3.24 Å². The van der Waals surface area contributed by atoms with Crippen LogP contribution in [0.5, 0.6) is 0 Å². The molecule has 0 unspecified atom stereocenters. The normalized spacial score (nSPS) is 31.4. The monoisotopic (exact) mass is 241 g/mol. The molecule has 0 amide bonds. The largest absolute Gasteiger partial charge is 0.374 e. The minimum Gasteiger partial charge on any atom is -0.374 e. The lowest BCUT2D eigenvalue weighted by Crippen LogP contribution is -2.41. The van der Waals surface area contributed by atoms with Gasteiger partial charge in [0.2, 0.25) is 0 Å². The average molecular weight is 241 g/mol. The summed E-state index contributed by atoms with van der Waals surface area (Å²) in [5.74, 6) is 0.934. The van der Waals surface area contributed by atoms with Crippen LogP contribution in [0.3, 0.4) is 0 Å². The zero-order valence-corrected chi connectivity index (χ0v) is 12.0. The molecule has 0 atom stereocenters. The molecule has 0 N–H and O–H groups in total. The highest BCUT2D eigenvalue weighted by molar-refractivity contribution is 6.32. The molecule has 1 heterocycles. The number of benzene rings is 1. The summed E-state index contributed by atoms with van der Waals surface area (Å²) >= 11 is 0. The number of hydrogen-bond acceptors (Lipinski definition) is 1. The fourth-order valence-corrected chi connectivity index (χ4v) is 3.88. The van der Waals surface area contributed by atoms with E-state index in [4.69, 9.17) is 0 Å². The summed E-state index contributed by atoms with van der Waals surface area (Å²) in [6.07, 6.45) is 6.98. The molecule has 2 aliphatic rings. The summed E-state index contributed by atoms with van der Waals surface area (Å²) in [5, 5.41) is 0. The minimum absolute atomic E-state index is 0.502. The van der Waals surface area contributed by atoms with Gasteiger partial charge in [0.05, 0.1) is 0 Å². The highest BCUT2D eigenvalue weighted by atomic mass is 15.1. The van der Waals surface area contributed by atoms with Crippen molar-refractivity contribution in [3.8, 4) is 0 Å². The molecule has 3 rings (SSSR count). The molecule has 18 heavy (non-hydrogen) atoms. The molecular weight excluding hydrogens is 217 g/mol. The molecule has 0 bridgehead atoms. The van der Waals surface area contributed by atoms with Crippen LogP contribution in [-0.2, 0) is 5.41 Å². The second-order valence-electron chi connectivity index (χ2n) is 6.66. The summed E-state index contributed by atoms with van der Waals surface area (Å²) in [4.78, 5) is 2.45. The minimum atomic E-state index is 0.502. The van der Waals surface area contributed by atoms with Crippen molar-refractivity contribution in [2.75, 3.05) is 18.5 Å². The number of anilines is 1. The highest BCUT2D eigenvalue weighted by Gasteiger charge is 2.40. The third-order valence-electron chi connectivity index (χ3n) is 5.29. The summed E-state index contributed by atoms with van der Waals surface area (Å²) in [5.41, 5.74) is 5.02. The maximum absolute atomic E-state index is 2.45. The first-order valence-electron chi connectivity index (χ1n) is 7.43. The van der Waals surface area contributed by atoms with Crippen molar-refractivity contribution in [1.82, 2.24) is 0 Å². The van der Waals surface area contributed by atoms with Crippen LogP contribution in [0.2, 0.25) is 0 Å². The van der Waals surface area contributed by atoms with E-state index >= 15 is 0 Å². The van der Waals surface area contributed by atoms with Gasteiger partial charge in [0, 0.05) is 19.3 Å². The van der Waals surface area contributed by atoms with E-state index in [1.54, 1.807) is 5.56 Å². The van der Waals surface area contributed by atoms with Crippen molar-refractivity contribution in [3.63, 3.8) is 0 Å². The summed E-state index contributed by atoms with van der Waals surface area (Å²) in [6, 6.07) is 7.10. The van der Waals surface area contributed by atoms with E-state index < -0.39 is 0 Å². The van der Waals surface area contributed by atoms with Crippen LogP contribution in [0, 0.1) is 5.92 Å². The Balaban J connectivity index is 2.02. The van der Waals surface area contributed by atoms with Gasteiger partial charge in [-0.05, 0) is 55.1 Å². The van der Waals surface area contributed by atoms with E-state index in [2.05, 4.69) is 44.9 Å². The molecule has 96 valence electrons. The maximum atomic E-state index is 2.45. The van der Waals surface area contributed by atoms with Crippen molar-refractivity contribution in [3.05, 3.63) is 23.8 Å². The molecule has 1 aliphatic heterocycles. The quantitative estimate of drug-likeness (QED) is 0.629. The van der Waals surface area contributed by atoms with Crippen LogP contribution in [-0.4, -0.2) is 21.4 Å². The van der Waals surface area contributed by atoms with Gasteiger partial charge in [0.25, 0.3) is 0 Å². The van der Waals surface area contributed by atoms with Gasteiger partial charge in [-0.15, -0.1) is 0 Å². The first-order chi connectivity index (χ1) is 8.61. The fourth-order valence-electron chi connectivity index (χ4n) is 3.88. The van der Waals surface area contributed by atoms with E-state index in [9.17, 15) is 0 Å². The van der Waals surface area contributed by atoms with Gasteiger partial charge in [-0.2, -0.15) is 0 Å². The number of hydrogen-bond donors (Lipinski definition) is 0. The average Bonchev–Trinajstić information content (AvgIpc) is 2.37. The standard InChI is InChI=1S/C16H24BN/c1-12-5-7-16(8-6-12)9-10-18(2)15-11-13(17)3-4-14(15)16/h3-4,11-12H,5-10,17H2,1-2H3. The van der Waals surface area contributed by atoms with E-state index in [1.807, 2.05) is 0 Å². The van der Waals surface area contributed by atoms with E-state index in [0.717, 1.165) is 5.92 Å². The molecule has 1 aromatic rings. The lowest BCUT2D eigenvalue weighted by molar-refractivity contribution is 0.224. The van der Waals surface area contributed by atoms with Crippen LogP contribution in [0.25, 0.3) is 0 Å². The van der Waals surface area contributed by atoms with Crippen LogP contribution >= 0.6 is 0 Å². The SMILES string of the molecule is Bc1ccc2c(c1)N(C)CCC21CCC(C)CC1. The molecule has 0 radical (unpaired) electrons. The Hall–Kier alpha value is -0.915. The molecule has 1 aromatic carbocycles. The summed E-state index contributed by atoms with van der Waals surface area (Å²) in [6.45, 7) is 3.64. The molecule has 1 nitrogen and oxygen atoms in total. The summed E-state index contributed by atoms with van der Waals surface area (Å²) < 4.78 is 0. The van der Waals surface area contributed by atoms with Gasteiger partial charge in [0.15, 0.2) is 0 Å². The van der Waals surface area contributed by atoms with Gasteiger partial charge in [-0.3, -0.25) is 0 Å². The number of nitrogens with zero attached hydrogens (tertiary/aromatic N) is 1. The third-order valence-corrected chi connectivity index (χ3v) is 5.29. The molecule has 1 spiro atoms. The van der Waals surface area contributed by atoms with Crippen molar-refractivity contribution < 1.29 is 0 Å². The Morgan fingerprint density at radius 3 is 2.67 bits per heavy atom. The van der Waals surface area contributed by atoms with Gasteiger partial charge in [-0.1, -0.05) is 24.5 Å². The Kier molecular flexibility index (Phi) is 2.92. The smallest absolute Gasteiger partial charge is 0.139 e. The molecule has 1 aliphatic carbocycles. The lowest BCUT2D eigenvalue weighted by Gasteiger charge is -2.46. The predicted octanol–water partition coefficient (Wildman–Crippen LogP) is 2.23. The van der Waals surface area contributed by atoms with Crippen molar-refractivity contribution in [2.24, 2.45) is 5.92 Å². The van der Waals surface area contributed by atoms with Gasteiger partial charge in [0.1, 0.15) is 7.85 Å². The van der Waals surface area contributed by atoms with Crippen molar-refractivity contribution >= 4 is 19.0 Å². The zero-order valence-electron chi connectivity index (χ0n) is 12.0. The highest BCUT2D eigenvalue weighted by Crippen LogP contribution is 2.49. The van der Waals surface area contributed by atoms with E-state index in [0.29, 0.717) is 5.41 Å². The molecule has 0 aromatic heterocycles. The number of rotatable bonds is 0. The van der Waals surface area contributed by atoms with Crippen LogP contribution in [0.4, 0.5) is 5.69 Å². The van der Waals surface area contributed by atoms with Gasteiger partial charge in [-0.25, -0.2) is 0 Å². The Labute approximate surface area is 112 Å². The van der Waals surface area contributed by atoms with Crippen LogP contribution in [0.15, 0.2) is 18.2 Å². The fraction of sp³-hybridized carbons (Fsp3) is 0.625. The predicted molar refractivity (Wildman–Crippen MR) is 81.8 cm³/mol. The first-order valence-corrected chi connectivity index (χ1v) is 7.43. The van der Waals surface area contributed by atoms with Crippen molar-refractivity contribution in [2.45, 2.75) is 44.4 Å². The molecule has 2 heteroatoms. The molecule has 1 saturated carbocycles. The zero-order chi connectivity index (χ0) is 12.8. The van der Waals surface area contributed by atoms with Crippen molar-refractivity contribution in [1.29, 1.82) is 0 Å². The van der Waals surface area contributed by atoms with E-state index in [-0.39, 0.29) is 0 Å². The second kappa shape index (κ2) is 4.33. The van der Waals surface area contributed by atoms with E-state index in [1.165, 1.54) is 49.8 Å². The lowest BCUT2D eigenvalue weighted by atomic mass is 9.63. The Morgan fingerprint density at radius 1 is 1.22 bits per heavy atom. The summed E-state index contributed by atoms with van der Waals surface area (Å²) in [7, 11) is 4.45. The Bertz CT molecular complexity index is 446. The molecule has 1 fully saturated rings. The third kappa shape index (κ3) is 1.86. The Morgan fingerprint density at radius 2 is 1.94 bits per heavy atom. The van der Waals surface area contributed by atoms with Crippen LogP contribution < -0.4 is 10.4 Å².